The summed E-state index contributed by atoms with van der Waals surface area (Å²) in [5.74, 6) is -0.0814. The topological polar surface area (TPSA) is 62.0 Å². The second-order valence-corrected chi connectivity index (χ2v) is 5.47. The number of nitrogens with one attached hydrogen (secondary N) is 2. The van der Waals surface area contributed by atoms with Crippen molar-refractivity contribution in [1.29, 1.82) is 0 Å². The third-order valence-electron chi connectivity index (χ3n) is 3.36. The SMILES string of the molecule is O=C(Cl)CCCCCCNC(=O)c1cc2ccccc2[nH]1. The first-order valence-electron chi connectivity index (χ1n) is 7.21. The van der Waals surface area contributed by atoms with Gasteiger partial charge in [0.25, 0.3) is 5.91 Å². The predicted molar refractivity (Wildman–Crippen MR) is 84.6 cm³/mol. The Labute approximate surface area is 128 Å². The van der Waals surface area contributed by atoms with Crippen molar-refractivity contribution in [1.82, 2.24) is 10.3 Å². The van der Waals surface area contributed by atoms with Crippen LogP contribution in [-0.4, -0.2) is 22.7 Å². The summed E-state index contributed by atoms with van der Waals surface area (Å²) in [6, 6.07) is 9.66. The summed E-state index contributed by atoms with van der Waals surface area (Å²) >= 11 is 5.26. The van der Waals surface area contributed by atoms with E-state index in [-0.39, 0.29) is 11.1 Å². The molecule has 2 N–H and O–H groups in total. The molecule has 0 atom stereocenters. The summed E-state index contributed by atoms with van der Waals surface area (Å²) in [5, 5.41) is 3.66. The number of para-hydroxylation sites is 1. The van der Waals surface area contributed by atoms with Gasteiger partial charge in [0.05, 0.1) is 0 Å². The first-order valence-corrected chi connectivity index (χ1v) is 7.59. The summed E-state index contributed by atoms with van der Waals surface area (Å²) in [5.41, 5.74) is 1.55. The van der Waals surface area contributed by atoms with Gasteiger partial charge in [-0.3, -0.25) is 9.59 Å². The Morgan fingerprint density at radius 1 is 1.10 bits per heavy atom. The Hall–Kier alpha value is -1.81. The molecular weight excluding hydrogens is 288 g/mol. The van der Waals surface area contributed by atoms with Crippen LogP contribution < -0.4 is 5.32 Å². The number of H-pyrrole nitrogens is 1. The molecule has 21 heavy (non-hydrogen) atoms. The lowest BCUT2D eigenvalue weighted by molar-refractivity contribution is -0.111. The second kappa shape index (κ2) is 7.84. The van der Waals surface area contributed by atoms with Gasteiger partial charge in [-0.2, -0.15) is 0 Å². The average Bonchev–Trinajstić information content (AvgIpc) is 2.89. The molecule has 2 aromatic rings. The van der Waals surface area contributed by atoms with Crippen LogP contribution in [-0.2, 0) is 4.79 Å². The molecule has 1 aromatic carbocycles. The molecule has 112 valence electrons. The number of unbranched alkanes of at least 4 members (excludes halogenated alkanes) is 3. The molecule has 0 aliphatic rings. The molecule has 0 unspecified atom stereocenters. The number of amides is 1. The maximum atomic E-state index is 12.0. The average molecular weight is 307 g/mol. The first kappa shape index (κ1) is 15.6. The second-order valence-electron chi connectivity index (χ2n) is 5.05. The molecule has 0 aliphatic carbocycles. The van der Waals surface area contributed by atoms with Crippen molar-refractivity contribution in [2.24, 2.45) is 0 Å². The van der Waals surface area contributed by atoms with Gasteiger partial charge in [0.15, 0.2) is 0 Å². The number of carbonyl (C=O) groups excluding carboxylic acids is 2. The Bertz CT molecular complexity index is 589. The van der Waals surface area contributed by atoms with Crippen LogP contribution in [0.25, 0.3) is 10.9 Å². The van der Waals surface area contributed by atoms with Gasteiger partial charge in [-0.15, -0.1) is 0 Å². The predicted octanol–water partition coefficient (Wildman–Crippen LogP) is 3.61. The summed E-state index contributed by atoms with van der Waals surface area (Å²) < 4.78 is 0. The van der Waals surface area contributed by atoms with Crippen LogP contribution in [0.2, 0.25) is 0 Å². The highest BCUT2D eigenvalue weighted by molar-refractivity contribution is 6.63. The van der Waals surface area contributed by atoms with Gasteiger partial charge in [0, 0.05) is 23.9 Å². The van der Waals surface area contributed by atoms with E-state index in [9.17, 15) is 9.59 Å². The molecule has 1 heterocycles. The molecule has 0 bridgehead atoms. The van der Waals surface area contributed by atoms with E-state index in [1.807, 2.05) is 30.3 Å². The lowest BCUT2D eigenvalue weighted by Gasteiger charge is -2.03. The molecule has 1 aromatic heterocycles. The third kappa shape index (κ3) is 4.90. The summed E-state index contributed by atoms with van der Waals surface area (Å²) in [4.78, 5) is 25.7. The van der Waals surface area contributed by atoms with Crippen molar-refractivity contribution < 1.29 is 9.59 Å². The molecule has 0 saturated carbocycles. The maximum Gasteiger partial charge on any atom is 0.267 e. The Kier molecular flexibility index (Phi) is 5.81. The third-order valence-corrected chi connectivity index (χ3v) is 3.55. The molecule has 0 saturated heterocycles. The molecule has 0 spiro atoms. The van der Waals surface area contributed by atoms with E-state index in [0.29, 0.717) is 18.7 Å². The van der Waals surface area contributed by atoms with Gasteiger partial charge < -0.3 is 10.3 Å². The van der Waals surface area contributed by atoms with E-state index in [0.717, 1.165) is 36.6 Å². The van der Waals surface area contributed by atoms with E-state index in [2.05, 4.69) is 10.3 Å². The molecule has 1 amide bonds. The van der Waals surface area contributed by atoms with Crippen LogP contribution in [0.3, 0.4) is 0 Å². The monoisotopic (exact) mass is 306 g/mol. The lowest BCUT2D eigenvalue weighted by atomic mass is 10.1. The number of hydrogen-bond donors (Lipinski definition) is 2. The van der Waals surface area contributed by atoms with E-state index in [4.69, 9.17) is 11.6 Å². The van der Waals surface area contributed by atoms with Crippen molar-refractivity contribution in [3.05, 3.63) is 36.0 Å². The Balaban J connectivity index is 1.69. The highest BCUT2D eigenvalue weighted by atomic mass is 35.5. The molecular formula is C16H19ClN2O2. The van der Waals surface area contributed by atoms with Crippen molar-refractivity contribution in [3.63, 3.8) is 0 Å². The van der Waals surface area contributed by atoms with Crippen LogP contribution >= 0.6 is 11.6 Å². The van der Waals surface area contributed by atoms with Gasteiger partial charge >= 0.3 is 0 Å². The van der Waals surface area contributed by atoms with Crippen LogP contribution in [0.1, 0.15) is 42.6 Å². The number of halogens is 1. The molecule has 0 fully saturated rings. The number of fused-ring (bicyclic) bond motifs is 1. The number of hydrogen-bond acceptors (Lipinski definition) is 2. The minimum atomic E-state index is -0.276. The zero-order valence-electron chi connectivity index (χ0n) is 11.8. The molecule has 4 nitrogen and oxygen atoms in total. The molecule has 0 radical (unpaired) electrons. The highest BCUT2D eigenvalue weighted by Crippen LogP contribution is 2.14. The fraction of sp³-hybridized carbons (Fsp3) is 0.375. The number of benzene rings is 1. The minimum Gasteiger partial charge on any atom is -0.351 e. The first-order chi connectivity index (χ1) is 10.2. The lowest BCUT2D eigenvalue weighted by Crippen LogP contribution is -2.24. The highest BCUT2D eigenvalue weighted by Gasteiger charge is 2.08. The van der Waals surface area contributed by atoms with Gasteiger partial charge in [0.1, 0.15) is 5.69 Å². The van der Waals surface area contributed by atoms with Gasteiger partial charge in [0.2, 0.25) is 5.24 Å². The Morgan fingerprint density at radius 3 is 2.62 bits per heavy atom. The molecule has 5 heteroatoms. The van der Waals surface area contributed by atoms with Gasteiger partial charge in [-0.1, -0.05) is 31.0 Å². The van der Waals surface area contributed by atoms with Crippen molar-refractivity contribution in [2.45, 2.75) is 32.1 Å². The number of rotatable bonds is 8. The summed E-state index contributed by atoms with van der Waals surface area (Å²) in [6.45, 7) is 0.642. The van der Waals surface area contributed by atoms with Crippen molar-refractivity contribution in [2.75, 3.05) is 6.54 Å². The molecule has 0 aliphatic heterocycles. The van der Waals surface area contributed by atoms with E-state index >= 15 is 0 Å². The number of aromatic nitrogens is 1. The van der Waals surface area contributed by atoms with E-state index in [1.54, 1.807) is 0 Å². The van der Waals surface area contributed by atoms with E-state index < -0.39 is 0 Å². The summed E-state index contributed by atoms with van der Waals surface area (Å²) in [7, 11) is 0. The zero-order chi connectivity index (χ0) is 15.1. The standard InChI is InChI=1S/C16H19ClN2O2/c17-15(20)9-3-1-2-6-10-18-16(21)14-11-12-7-4-5-8-13(12)19-14/h4-5,7-8,11,19H,1-3,6,9-10H2,(H,18,21). The maximum absolute atomic E-state index is 12.0. The number of aromatic amines is 1. The van der Waals surface area contributed by atoms with Crippen molar-refractivity contribution in [3.8, 4) is 0 Å². The van der Waals surface area contributed by atoms with Gasteiger partial charge in [-0.25, -0.2) is 0 Å². The van der Waals surface area contributed by atoms with Crippen LogP contribution in [0.15, 0.2) is 30.3 Å². The van der Waals surface area contributed by atoms with Crippen LogP contribution in [0.4, 0.5) is 0 Å². The zero-order valence-corrected chi connectivity index (χ0v) is 12.6. The normalized spacial score (nSPS) is 10.7. The fourth-order valence-electron chi connectivity index (χ4n) is 2.24. The van der Waals surface area contributed by atoms with E-state index in [1.165, 1.54) is 0 Å². The quantitative estimate of drug-likeness (QED) is 0.578. The number of carbonyl (C=O) groups is 2. The summed E-state index contributed by atoms with van der Waals surface area (Å²) in [6.07, 6.45) is 4.10. The minimum absolute atomic E-state index is 0.0814. The van der Waals surface area contributed by atoms with Gasteiger partial charge in [-0.05, 0) is 36.6 Å². The smallest absolute Gasteiger partial charge is 0.267 e. The van der Waals surface area contributed by atoms with Crippen molar-refractivity contribution >= 4 is 33.7 Å². The Morgan fingerprint density at radius 2 is 1.86 bits per heavy atom. The van der Waals surface area contributed by atoms with Crippen LogP contribution in [0, 0.1) is 0 Å². The fourth-order valence-corrected chi connectivity index (χ4v) is 2.37. The molecule has 2 rings (SSSR count). The largest absolute Gasteiger partial charge is 0.351 e. The van der Waals surface area contributed by atoms with Crippen LogP contribution in [0.5, 0.6) is 0 Å².